The molecule has 0 amide bonds. The zero-order valence-corrected chi connectivity index (χ0v) is 20.4. The van der Waals surface area contributed by atoms with Crippen molar-refractivity contribution in [3.05, 3.63) is 23.3 Å². The highest BCUT2D eigenvalue weighted by Crippen LogP contribution is 2.72. The number of allylic oxidation sites excluding steroid dienone is 3. The predicted molar refractivity (Wildman–Crippen MR) is 125 cm³/mol. The van der Waals surface area contributed by atoms with Crippen molar-refractivity contribution in [2.45, 2.75) is 105 Å². The Bertz CT molecular complexity index is 733. The molecule has 0 aliphatic heterocycles. The summed E-state index contributed by atoms with van der Waals surface area (Å²) in [5, 5.41) is 19.9. The highest BCUT2D eigenvalue weighted by atomic mass is 16.3. The Hall–Kier alpha value is -0.600. The lowest BCUT2D eigenvalue weighted by molar-refractivity contribution is -0.0961. The molecule has 2 saturated carbocycles. The summed E-state index contributed by atoms with van der Waals surface area (Å²) < 4.78 is 0. The lowest BCUT2D eigenvalue weighted by atomic mass is 9.43. The molecule has 4 aliphatic carbocycles. The van der Waals surface area contributed by atoms with Crippen LogP contribution in [0.3, 0.4) is 0 Å². The molecule has 0 aromatic rings. The van der Waals surface area contributed by atoms with E-state index in [1.165, 1.54) is 44.9 Å². The summed E-state index contributed by atoms with van der Waals surface area (Å²) in [6.07, 6.45) is 15.0. The van der Waals surface area contributed by atoms with E-state index in [1.54, 1.807) is 0 Å². The first kappa shape index (κ1) is 22.6. The second-order valence-electron chi connectivity index (χ2n) is 12.6. The molecule has 0 unspecified atom stereocenters. The highest BCUT2D eigenvalue weighted by molar-refractivity contribution is 5.38. The van der Waals surface area contributed by atoms with Crippen LogP contribution in [0.25, 0.3) is 0 Å². The van der Waals surface area contributed by atoms with Crippen molar-refractivity contribution in [2.24, 2.45) is 39.4 Å². The van der Waals surface area contributed by atoms with Crippen LogP contribution in [0.1, 0.15) is 99.3 Å². The normalized spacial score (nSPS) is 46.5. The molecule has 0 spiro atoms. The van der Waals surface area contributed by atoms with E-state index in [0.717, 1.165) is 18.8 Å². The Balaban J connectivity index is 1.68. The molecule has 4 aliphatic rings. The molecule has 30 heavy (non-hydrogen) atoms. The van der Waals surface area contributed by atoms with Crippen molar-refractivity contribution in [1.29, 1.82) is 0 Å². The third-order valence-corrected chi connectivity index (χ3v) is 11.3. The van der Waals surface area contributed by atoms with Crippen molar-refractivity contribution < 1.29 is 10.2 Å². The van der Waals surface area contributed by atoms with Crippen LogP contribution >= 0.6 is 0 Å². The number of hydrogen-bond acceptors (Lipinski definition) is 2. The van der Waals surface area contributed by atoms with E-state index < -0.39 is 0 Å². The molecule has 2 fully saturated rings. The smallest absolute Gasteiger partial charge is 0.0612 e. The average Bonchev–Trinajstić information content (AvgIpc) is 2.97. The first-order valence-corrected chi connectivity index (χ1v) is 12.7. The third kappa shape index (κ3) is 2.95. The zero-order valence-electron chi connectivity index (χ0n) is 20.4. The summed E-state index contributed by atoms with van der Waals surface area (Å²) in [5.41, 5.74) is 4.70. The zero-order chi connectivity index (χ0) is 21.9. The van der Waals surface area contributed by atoms with E-state index >= 15 is 0 Å². The average molecular weight is 415 g/mol. The van der Waals surface area contributed by atoms with Gasteiger partial charge in [-0.1, -0.05) is 64.8 Å². The van der Waals surface area contributed by atoms with Gasteiger partial charge < -0.3 is 10.2 Å². The molecule has 170 valence electrons. The van der Waals surface area contributed by atoms with Gasteiger partial charge in [-0.3, -0.25) is 0 Å². The monoisotopic (exact) mass is 414 g/mol. The van der Waals surface area contributed by atoms with Gasteiger partial charge in [-0.25, -0.2) is 0 Å². The largest absolute Gasteiger partial charge is 0.393 e. The van der Waals surface area contributed by atoms with Gasteiger partial charge in [0.15, 0.2) is 0 Å². The van der Waals surface area contributed by atoms with Crippen LogP contribution in [0.2, 0.25) is 0 Å². The van der Waals surface area contributed by atoms with Gasteiger partial charge in [0.1, 0.15) is 0 Å². The highest BCUT2D eigenvalue weighted by Gasteiger charge is 2.63. The minimum Gasteiger partial charge on any atom is -0.393 e. The fourth-order valence-corrected chi connectivity index (χ4v) is 9.18. The number of aliphatic hydroxyl groups is 2. The van der Waals surface area contributed by atoms with Gasteiger partial charge in [-0.15, -0.1) is 0 Å². The van der Waals surface area contributed by atoms with Gasteiger partial charge in [0.25, 0.3) is 0 Å². The number of rotatable bonds is 4. The lowest BCUT2D eigenvalue weighted by Crippen LogP contribution is -2.55. The number of hydrogen-bond donors (Lipinski definition) is 2. The molecule has 0 aromatic heterocycles. The Kier molecular flexibility index (Phi) is 5.63. The van der Waals surface area contributed by atoms with Crippen LogP contribution in [0, 0.1) is 39.4 Å². The van der Waals surface area contributed by atoms with Crippen molar-refractivity contribution in [1.82, 2.24) is 0 Å². The molecule has 2 nitrogen and oxygen atoms in total. The molecule has 2 N–H and O–H groups in total. The summed E-state index contributed by atoms with van der Waals surface area (Å²) in [7, 11) is 0. The fraction of sp³-hybridized carbons (Fsp3) is 0.857. The fourth-order valence-electron chi connectivity index (χ4n) is 9.18. The van der Waals surface area contributed by atoms with E-state index in [-0.39, 0.29) is 23.5 Å². The summed E-state index contributed by atoms with van der Waals surface area (Å²) in [6.45, 7) is 15.0. The van der Waals surface area contributed by atoms with Crippen LogP contribution in [0.15, 0.2) is 23.3 Å². The molecule has 0 aromatic carbocycles. The Labute approximate surface area is 185 Å². The molecule has 0 saturated heterocycles. The topological polar surface area (TPSA) is 40.5 Å². The molecule has 2 heteroatoms. The molecular weight excluding hydrogens is 368 g/mol. The Morgan fingerprint density at radius 3 is 2.37 bits per heavy atom. The number of aliphatic hydroxyl groups excluding tert-OH is 2. The van der Waals surface area contributed by atoms with Crippen molar-refractivity contribution in [3.8, 4) is 0 Å². The number of fused-ring (bicyclic) bond motifs is 4. The maximum absolute atomic E-state index is 10.8. The van der Waals surface area contributed by atoms with E-state index in [0.29, 0.717) is 22.7 Å². The second-order valence-corrected chi connectivity index (χ2v) is 12.6. The van der Waals surface area contributed by atoms with Crippen LogP contribution in [0.5, 0.6) is 0 Å². The van der Waals surface area contributed by atoms with Crippen LogP contribution in [0.4, 0.5) is 0 Å². The molecule has 0 heterocycles. The van der Waals surface area contributed by atoms with Crippen LogP contribution in [-0.2, 0) is 0 Å². The quantitative estimate of drug-likeness (QED) is 0.504. The minimum atomic E-state index is -0.147. The van der Waals surface area contributed by atoms with Gasteiger partial charge in [0.2, 0.25) is 0 Å². The molecule has 0 radical (unpaired) electrons. The first-order valence-electron chi connectivity index (χ1n) is 12.7. The van der Waals surface area contributed by atoms with Crippen molar-refractivity contribution in [2.75, 3.05) is 6.61 Å². The van der Waals surface area contributed by atoms with Gasteiger partial charge in [-0.05, 0) is 97.2 Å². The van der Waals surface area contributed by atoms with E-state index in [1.807, 2.05) is 17.2 Å². The SMILES string of the molecule is C[C@H](C/C=C/CO)[C@H]1CC[C@@]2(C)C3=C(CC[C@]12C)[C@@]1(C)CC[C@H](O)C(C)(C)[C@@H]1CC3. The Morgan fingerprint density at radius 1 is 0.933 bits per heavy atom. The molecular formula is C28H46O2. The standard InChI is InChI=1S/C28H46O2/c1-19(9-7-8-18-29)20-12-16-28(6)22-10-11-23-25(2,3)24(30)14-15-26(23,4)21(22)13-17-27(20,28)5/h7-8,19-20,23-24,29-30H,9-18H2,1-6H3/b8-7+/t19-,20-,23+,24+,26-,27-,28+/m1/s1. The summed E-state index contributed by atoms with van der Waals surface area (Å²) in [6, 6.07) is 0. The van der Waals surface area contributed by atoms with E-state index in [4.69, 9.17) is 5.11 Å². The van der Waals surface area contributed by atoms with Crippen LogP contribution in [-0.4, -0.2) is 22.9 Å². The molecule has 4 rings (SSSR count). The van der Waals surface area contributed by atoms with Gasteiger partial charge in [0.05, 0.1) is 12.7 Å². The summed E-state index contributed by atoms with van der Waals surface area (Å²) in [5.74, 6) is 2.06. The van der Waals surface area contributed by atoms with E-state index in [9.17, 15) is 5.11 Å². The minimum absolute atomic E-state index is 0.0267. The van der Waals surface area contributed by atoms with Gasteiger partial charge in [-0.2, -0.15) is 0 Å². The summed E-state index contributed by atoms with van der Waals surface area (Å²) in [4.78, 5) is 0. The Morgan fingerprint density at radius 2 is 1.67 bits per heavy atom. The van der Waals surface area contributed by atoms with Crippen molar-refractivity contribution in [3.63, 3.8) is 0 Å². The third-order valence-electron chi connectivity index (χ3n) is 11.3. The van der Waals surface area contributed by atoms with Crippen LogP contribution < -0.4 is 0 Å². The maximum Gasteiger partial charge on any atom is 0.0612 e. The lowest BCUT2D eigenvalue weighted by Gasteiger charge is -2.62. The van der Waals surface area contributed by atoms with E-state index in [2.05, 4.69) is 47.6 Å². The van der Waals surface area contributed by atoms with Crippen molar-refractivity contribution >= 4 is 0 Å². The van der Waals surface area contributed by atoms with Gasteiger partial charge in [0, 0.05) is 0 Å². The first-order chi connectivity index (χ1) is 14.0. The molecule has 7 atom stereocenters. The molecule has 0 bridgehead atoms. The summed E-state index contributed by atoms with van der Waals surface area (Å²) >= 11 is 0. The van der Waals surface area contributed by atoms with Gasteiger partial charge >= 0.3 is 0 Å². The second kappa shape index (κ2) is 7.48. The maximum atomic E-state index is 10.8. The predicted octanol–water partition coefficient (Wildman–Crippen LogP) is 6.67.